The van der Waals surface area contributed by atoms with Crippen molar-refractivity contribution in [1.29, 1.82) is 0 Å². The summed E-state index contributed by atoms with van der Waals surface area (Å²) in [5.74, 6) is 0.684. The van der Waals surface area contributed by atoms with Gasteiger partial charge in [0.2, 0.25) is 0 Å². The van der Waals surface area contributed by atoms with Crippen molar-refractivity contribution < 1.29 is 9.53 Å². The first-order valence-electron chi connectivity index (χ1n) is 11.4. The van der Waals surface area contributed by atoms with E-state index in [1.807, 2.05) is 4.90 Å². The molecule has 0 radical (unpaired) electrons. The van der Waals surface area contributed by atoms with Crippen molar-refractivity contribution in [1.82, 2.24) is 31.7 Å². The fraction of sp³-hybridized carbons (Fsp3) is 0.857. The van der Waals surface area contributed by atoms with Crippen LogP contribution >= 0.6 is 0 Å². The lowest BCUT2D eigenvalue weighted by Crippen LogP contribution is -2.61. The second-order valence-electron chi connectivity index (χ2n) is 9.46. The molecule has 2 unspecified atom stereocenters. The van der Waals surface area contributed by atoms with E-state index in [0.717, 1.165) is 32.6 Å². The Kier molecular flexibility index (Phi) is 6.63. The molecule has 0 bridgehead atoms. The Morgan fingerprint density at radius 1 is 1.21 bits per heavy atom. The van der Waals surface area contributed by atoms with Crippen molar-refractivity contribution in [3.8, 4) is 0 Å². The van der Waals surface area contributed by atoms with Crippen LogP contribution in [0.2, 0.25) is 0 Å². The van der Waals surface area contributed by atoms with Gasteiger partial charge in [0.05, 0.1) is 11.6 Å². The first-order valence-corrected chi connectivity index (χ1v) is 11.4. The van der Waals surface area contributed by atoms with E-state index in [9.17, 15) is 4.79 Å². The minimum atomic E-state index is -0.328. The molecule has 0 aromatic carbocycles. The highest BCUT2D eigenvalue weighted by atomic mass is 16.5. The van der Waals surface area contributed by atoms with E-state index in [1.165, 1.54) is 37.7 Å². The molecule has 29 heavy (non-hydrogen) atoms. The summed E-state index contributed by atoms with van der Waals surface area (Å²) >= 11 is 0. The molecule has 0 spiro atoms. The standard InChI is InChI=1S/C21H38N6O2/c1-21(2)17-13-22-19(24-16-8-10-29-11-9-16)25-18(17)14-27(21)20(28)26-23-12-15-6-4-3-5-7-15/h13,15-16,18-19,22-25H,3-12,14H2,1-2H3,(H,26,28). The number of carbonyl (C=O) groups excluding carboxylic acids is 1. The molecular weight excluding hydrogens is 368 g/mol. The first kappa shape index (κ1) is 20.9. The summed E-state index contributed by atoms with van der Waals surface area (Å²) in [5, 5.41) is 10.7. The highest BCUT2D eigenvalue weighted by Gasteiger charge is 2.47. The second kappa shape index (κ2) is 9.20. The third-order valence-corrected chi connectivity index (χ3v) is 7.07. The van der Waals surface area contributed by atoms with Gasteiger partial charge in [0.25, 0.3) is 0 Å². The molecule has 2 atom stereocenters. The van der Waals surface area contributed by atoms with Gasteiger partial charge in [0.15, 0.2) is 0 Å². The van der Waals surface area contributed by atoms with E-state index in [2.05, 4.69) is 46.8 Å². The number of urea groups is 1. The molecule has 4 rings (SSSR count). The van der Waals surface area contributed by atoms with Gasteiger partial charge in [-0.25, -0.2) is 10.2 Å². The van der Waals surface area contributed by atoms with Gasteiger partial charge in [0.1, 0.15) is 6.29 Å². The van der Waals surface area contributed by atoms with E-state index < -0.39 is 0 Å². The van der Waals surface area contributed by atoms with Crippen molar-refractivity contribution in [3.05, 3.63) is 11.8 Å². The first-order chi connectivity index (χ1) is 14.0. The fourth-order valence-corrected chi connectivity index (χ4v) is 5.20. The predicted molar refractivity (Wildman–Crippen MR) is 113 cm³/mol. The van der Waals surface area contributed by atoms with Gasteiger partial charge in [-0.1, -0.05) is 19.3 Å². The molecule has 8 nitrogen and oxygen atoms in total. The Morgan fingerprint density at radius 2 is 1.97 bits per heavy atom. The molecule has 1 aliphatic carbocycles. The maximum absolute atomic E-state index is 12.9. The molecular formula is C21H38N6O2. The van der Waals surface area contributed by atoms with Gasteiger partial charge in [-0.05, 0) is 51.0 Å². The maximum atomic E-state index is 12.9. The van der Waals surface area contributed by atoms with Gasteiger partial charge in [-0.15, -0.1) is 0 Å². The quantitative estimate of drug-likeness (QED) is 0.443. The SMILES string of the molecule is CC1(C)C2=CNC(NC3CCOCC3)NC2CN1C(=O)NNCC1CCCCC1. The van der Waals surface area contributed by atoms with Gasteiger partial charge in [-0.2, -0.15) is 0 Å². The van der Waals surface area contributed by atoms with Gasteiger partial charge in [0, 0.05) is 38.5 Å². The second-order valence-corrected chi connectivity index (χ2v) is 9.46. The monoisotopic (exact) mass is 406 g/mol. The van der Waals surface area contributed by atoms with E-state index in [-0.39, 0.29) is 23.9 Å². The van der Waals surface area contributed by atoms with E-state index in [0.29, 0.717) is 18.5 Å². The summed E-state index contributed by atoms with van der Waals surface area (Å²) < 4.78 is 5.45. The van der Waals surface area contributed by atoms with Crippen LogP contribution in [0.25, 0.3) is 0 Å². The van der Waals surface area contributed by atoms with Crippen molar-refractivity contribution >= 4 is 6.03 Å². The van der Waals surface area contributed by atoms with Crippen LogP contribution in [-0.2, 0) is 4.74 Å². The zero-order valence-electron chi connectivity index (χ0n) is 17.9. The highest BCUT2D eigenvalue weighted by molar-refractivity contribution is 5.76. The highest BCUT2D eigenvalue weighted by Crippen LogP contribution is 2.35. The van der Waals surface area contributed by atoms with Crippen molar-refractivity contribution in [2.75, 3.05) is 26.3 Å². The van der Waals surface area contributed by atoms with Crippen LogP contribution in [0.4, 0.5) is 4.79 Å². The Labute approximate surface area is 174 Å². The topological polar surface area (TPSA) is 89.7 Å². The third kappa shape index (κ3) is 4.87. The molecule has 0 aromatic rings. The molecule has 2 amide bonds. The Morgan fingerprint density at radius 3 is 2.72 bits per heavy atom. The third-order valence-electron chi connectivity index (χ3n) is 7.07. The van der Waals surface area contributed by atoms with Crippen molar-refractivity contribution in [3.63, 3.8) is 0 Å². The van der Waals surface area contributed by atoms with Crippen LogP contribution in [0.3, 0.4) is 0 Å². The number of nitrogens with one attached hydrogen (secondary N) is 5. The molecule has 0 aromatic heterocycles. The Balaban J connectivity index is 1.28. The molecule has 164 valence electrons. The minimum Gasteiger partial charge on any atom is -0.381 e. The zero-order valence-corrected chi connectivity index (χ0v) is 17.9. The van der Waals surface area contributed by atoms with Crippen LogP contribution in [0.15, 0.2) is 11.8 Å². The summed E-state index contributed by atoms with van der Waals surface area (Å²) in [7, 11) is 0. The number of hydrazine groups is 1. The Bertz CT molecular complexity index is 598. The van der Waals surface area contributed by atoms with Crippen LogP contribution in [0, 0.1) is 5.92 Å². The van der Waals surface area contributed by atoms with Gasteiger partial charge < -0.3 is 15.0 Å². The molecule has 5 N–H and O–H groups in total. The normalized spacial score (nSPS) is 30.4. The summed E-state index contributed by atoms with van der Waals surface area (Å²) in [6.07, 6.45) is 10.7. The summed E-state index contributed by atoms with van der Waals surface area (Å²) in [4.78, 5) is 14.8. The molecule has 3 heterocycles. The van der Waals surface area contributed by atoms with Crippen molar-refractivity contribution in [2.45, 2.75) is 82.7 Å². The smallest absolute Gasteiger partial charge is 0.332 e. The molecule has 8 heteroatoms. The lowest BCUT2D eigenvalue weighted by molar-refractivity contribution is 0.0715. The van der Waals surface area contributed by atoms with Crippen LogP contribution < -0.4 is 26.8 Å². The van der Waals surface area contributed by atoms with Crippen LogP contribution in [0.5, 0.6) is 0 Å². The zero-order chi connectivity index (χ0) is 20.3. The number of amides is 2. The van der Waals surface area contributed by atoms with Gasteiger partial charge >= 0.3 is 6.03 Å². The minimum absolute atomic E-state index is 0.0232. The number of hydrogen-bond donors (Lipinski definition) is 5. The lowest BCUT2D eigenvalue weighted by Gasteiger charge is -2.36. The van der Waals surface area contributed by atoms with Crippen LogP contribution in [-0.4, -0.2) is 61.1 Å². The summed E-state index contributed by atoms with van der Waals surface area (Å²) in [5.41, 5.74) is 7.04. The number of fused-ring (bicyclic) bond motifs is 1. The number of rotatable bonds is 5. The maximum Gasteiger partial charge on any atom is 0.332 e. The Hall–Kier alpha value is -1.35. The fourth-order valence-electron chi connectivity index (χ4n) is 5.20. The van der Waals surface area contributed by atoms with Gasteiger partial charge in [-0.3, -0.25) is 16.1 Å². The molecule has 1 saturated carbocycles. The van der Waals surface area contributed by atoms with E-state index in [4.69, 9.17) is 4.74 Å². The molecule has 3 aliphatic heterocycles. The number of likely N-dealkylation sites (tertiary alicyclic amines) is 1. The number of nitrogens with zero attached hydrogens (tertiary/aromatic N) is 1. The van der Waals surface area contributed by atoms with Crippen molar-refractivity contribution in [2.24, 2.45) is 5.92 Å². The average Bonchev–Trinajstić information content (AvgIpc) is 3.00. The summed E-state index contributed by atoms with van der Waals surface area (Å²) in [6, 6.07) is 0.575. The largest absolute Gasteiger partial charge is 0.381 e. The number of carbonyl (C=O) groups is 1. The summed E-state index contributed by atoms with van der Waals surface area (Å²) in [6.45, 7) is 7.42. The number of hydrogen-bond acceptors (Lipinski definition) is 6. The molecule has 2 saturated heterocycles. The van der Waals surface area contributed by atoms with Crippen LogP contribution in [0.1, 0.15) is 58.8 Å². The van der Waals surface area contributed by atoms with E-state index in [1.54, 1.807) is 0 Å². The lowest BCUT2D eigenvalue weighted by atomic mass is 9.89. The molecule has 4 aliphatic rings. The van der Waals surface area contributed by atoms with E-state index >= 15 is 0 Å². The predicted octanol–water partition coefficient (Wildman–Crippen LogP) is 1.37. The molecule has 3 fully saturated rings. The number of ether oxygens (including phenoxy) is 1. The average molecular weight is 407 g/mol.